The lowest BCUT2D eigenvalue weighted by atomic mass is 9.95. The molecule has 1 aromatic carbocycles. The number of ether oxygens (including phenoxy) is 1. The number of halogens is 1. The van der Waals surface area contributed by atoms with Gasteiger partial charge in [0.2, 0.25) is 0 Å². The van der Waals surface area contributed by atoms with Crippen molar-refractivity contribution in [1.82, 2.24) is 5.32 Å². The fourth-order valence-electron chi connectivity index (χ4n) is 3.01. The SMILES string of the molecule is COc1ccc(Cl)cc1C(CC(C)C)NC(=O)c1c(C)coc1CC(=O)O. The van der Waals surface area contributed by atoms with Crippen LogP contribution in [0.5, 0.6) is 5.75 Å². The number of furan rings is 1. The molecule has 2 rings (SSSR count). The number of rotatable bonds is 8. The summed E-state index contributed by atoms with van der Waals surface area (Å²) in [6.45, 7) is 5.81. The standard InChI is InChI=1S/C20H24ClNO5/c1-11(2)7-15(14-8-13(21)5-6-16(14)26-4)22-20(25)19-12(3)10-27-17(19)9-18(23)24/h5-6,8,10-11,15H,7,9H2,1-4H3,(H,22,25)(H,23,24). The monoisotopic (exact) mass is 393 g/mol. The first-order valence-corrected chi connectivity index (χ1v) is 9.03. The van der Waals surface area contributed by atoms with Gasteiger partial charge >= 0.3 is 5.97 Å². The summed E-state index contributed by atoms with van der Waals surface area (Å²) in [5.74, 6) is -0.388. The number of aryl methyl sites for hydroxylation is 1. The van der Waals surface area contributed by atoms with Crippen molar-refractivity contribution < 1.29 is 23.8 Å². The Hall–Kier alpha value is -2.47. The molecule has 0 saturated heterocycles. The topological polar surface area (TPSA) is 88.8 Å². The molecule has 1 aromatic heterocycles. The number of hydrogen-bond acceptors (Lipinski definition) is 4. The second-order valence-electron chi connectivity index (χ2n) is 6.83. The van der Waals surface area contributed by atoms with Crippen LogP contribution in [0.25, 0.3) is 0 Å². The van der Waals surface area contributed by atoms with Crippen molar-refractivity contribution in [2.75, 3.05) is 7.11 Å². The molecule has 2 aromatic rings. The number of carboxylic acids is 1. The van der Waals surface area contributed by atoms with Crippen molar-refractivity contribution in [3.8, 4) is 5.75 Å². The summed E-state index contributed by atoms with van der Waals surface area (Å²) >= 11 is 6.15. The third kappa shape index (κ3) is 5.26. The van der Waals surface area contributed by atoms with Crippen LogP contribution in [-0.4, -0.2) is 24.1 Å². The minimum atomic E-state index is -1.06. The average Bonchev–Trinajstić information content (AvgIpc) is 2.93. The molecule has 0 radical (unpaired) electrons. The minimum absolute atomic E-state index is 0.138. The highest BCUT2D eigenvalue weighted by Crippen LogP contribution is 2.32. The molecule has 0 spiro atoms. The molecular weight excluding hydrogens is 370 g/mol. The lowest BCUT2D eigenvalue weighted by Gasteiger charge is -2.23. The van der Waals surface area contributed by atoms with E-state index in [0.29, 0.717) is 28.7 Å². The first kappa shape index (κ1) is 20.8. The molecule has 0 aliphatic heterocycles. The van der Waals surface area contributed by atoms with E-state index >= 15 is 0 Å². The zero-order valence-electron chi connectivity index (χ0n) is 15.8. The van der Waals surface area contributed by atoms with Gasteiger partial charge < -0.3 is 19.6 Å². The summed E-state index contributed by atoms with van der Waals surface area (Å²) in [4.78, 5) is 24.0. The molecule has 0 saturated carbocycles. The van der Waals surface area contributed by atoms with Crippen LogP contribution in [0.3, 0.4) is 0 Å². The van der Waals surface area contributed by atoms with Crippen LogP contribution in [0.2, 0.25) is 5.02 Å². The molecule has 27 heavy (non-hydrogen) atoms. The highest BCUT2D eigenvalue weighted by molar-refractivity contribution is 6.30. The number of carbonyl (C=O) groups is 2. The molecule has 1 atom stereocenters. The van der Waals surface area contributed by atoms with E-state index in [1.165, 1.54) is 6.26 Å². The van der Waals surface area contributed by atoms with Crippen LogP contribution in [-0.2, 0) is 11.2 Å². The predicted octanol–water partition coefficient (Wildman–Crippen LogP) is 4.39. The lowest BCUT2D eigenvalue weighted by molar-refractivity contribution is -0.136. The maximum atomic E-state index is 12.9. The van der Waals surface area contributed by atoms with Gasteiger partial charge in [0, 0.05) is 16.1 Å². The Morgan fingerprint density at radius 2 is 2.04 bits per heavy atom. The fraction of sp³-hybridized carbons (Fsp3) is 0.400. The number of carbonyl (C=O) groups excluding carboxylic acids is 1. The molecule has 2 N–H and O–H groups in total. The molecule has 0 fully saturated rings. The molecule has 1 amide bonds. The van der Waals surface area contributed by atoms with E-state index in [0.717, 1.165) is 5.56 Å². The Morgan fingerprint density at radius 3 is 2.63 bits per heavy atom. The molecule has 7 heteroatoms. The molecule has 0 aliphatic rings. The molecular formula is C20H24ClNO5. The molecule has 0 bridgehead atoms. The largest absolute Gasteiger partial charge is 0.496 e. The van der Waals surface area contributed by atoms with Gasteiger partial charge in [-0.3, -0.25) is 9.59 Å². The zero-order valence-corrected chi connectivity index (χ0v) is 16.6. The van der Waals surface area contributed by atoms with Gasteiger partial charge in [0.25, 0.3) is 5.91 Å². The number of amides is 1. The molecule has 1 unspecified atom stereocenters. The maximum Gasteiger partial charge on any atom is 0.311 e. The number of nitrogens with one attached hydrogen (secondary N) is 1. The zero-order chi connectivity index (χ0) is 20.1. The molecule has 1 heterocycles. The van der Waals surface area contributed by atoms with Crippen LogP contribution in [0.1, 0.15) is 53.6 Å². The quantitative estimate of drug-likeness (QED) is 0.694. The van der Waals surface area contributed by atoms with Crippen molar-refractivity contribution in [3.05, 3.63) is 51.9 Å². The summed E-state index contributed by atoms with van der Waals surface area (Å²) in [6.07, 6.45) is 1.70. The van der Waals surface area contributed by atoms with Gasteiger partial charge in [-0.25, -0.2) is 0 Å². The highest BCUT2D eigenvalue weighted by atomic mass is 35.5. The predicted molar refractivity (Wildman–Crippen MR) is 102 cm³/mol. The van der Waals surface area contributed by atoms with E-state index in [1.54, 1.807) is 32.2 Å². The lowest BCUT2D eigenvalue weighted by Crippen LogP contribution is -2.31. The summed E-state index contributed by atoms with van der Waals surface area (Å²) in [5.41, 5.74) is 1.62. The second-order valence-corrected chi connectivity index (χ2v) is 7.27. The number of benzene rings is 1. The number of hydrogen-bond donors (Lipinski definition) is 2. The van der Waals surface area contributed by atoms with E-state index < -0.39 is 5.97 Å². The Labute approximate surface area is 163 Å². The summed E-state index contributed by atoms with van der Waals surface area (Å²) in [7, 11) is 1.56. The van der Waals surface area contributed by atoms with Gasteiger partial charge in [-0.2, -0.15) is 0 Å². The molecule has 146 valence electrons. The van der Waals surface area contributed by atoms with Gasteiger partial charge in [-0.1, -0.05) is 25.4 Å². The Kier molecular flexibility index (Phi) is 6.91. The normalized spacial score (nSPS) is 12.1. The molecule has 6 nitrogen and oxygen atoms in total. The number of methoxy groups -OCH3 is 1. The van der Waals surface area contributed by atoms with Crippen LogP contribution in [0.15, 0.2) is 28.9 Å². The number of carboxylic acid groups (broad SMARTS) is 1. The summed E-state index contributed by atoms with van der Waals surface area (Å²) in [6, 6.07) is 4.91. The van der Waals surface area contributed by atoms with Crippen LogP contribution < -0.4 is 10.1 Å². The van der Waals surface area contributed by atoms with Crippen LogP contribution >= 0.6 is 11.6 Å². The van der Waals surface area contributed by atoms with Crippen molar-refractivity contribution in [1.29, 1.82) is 0 Å². The van der Waals surface area contributed by atoms with Gasteiger partial charge in [0.1, 0.15) is 17.9 Å². The van der Waals surface area contributed by atoms with E-state index in [-0.39, 0.29) is 29.7 Å². The van der Waals surface area contributed by atoms with Crippen LogP contribution in [0.4, 0.5) is 0 Å². The van der Waals surface area contributed by atoms with Crippen molar-refractivity contribution in [2.24, 2.45) is 5.92 Å². The van der Waals surface area contributed by atoms with Crippen LogP contribution in [0, 0.1) is 12.8 Å². The van der Waals surface area contributed by atoms with Crippen molar-refractivity contribution in [3.63, 3.8) is 0 Å². The van der Waals surface area contributed by atoms with Gasteiger partial charge in [0.05, 0.1) is 25.0 Å². The highest BCUT2D eigenvalue weighted by Gasteiger charge is 2.25. The number of aliphatic carboxylic acids is 1. The van der Waals surface area contributed by atoms with E-state index in [2.05, 4.69) is 19.2 Å². The Bertz CT molecular complexity index is 828. The first-order chi connectivity index (χ1) is 12.7. The van der Waals surface area contributed by atoms with Gasteiger partial charge in [-0.05, 0) is 37.5 Å². The average molecular weight is 394 g/mol. The van der Waals surface area contributed by atoms with Gasteiger partial charge in [0.15, 0.2) is 0 Å². The smallest absolute Gasteiger partial charge is 0.311 e. The minimum Gasteiger partial charge on any atom is -0.496 e. The Morgan fingerprint density at radius 1 is 1.33 bits per heavy atom. The Balaban J connectivity index is 2.38. The third-order valence-corrected chi connectivity index (χ3v) is 4.40. The van der Waals surface area contributed by atoms with E-state index in [1.807, 2.05) is 0 Å². The van der Waals surface area contributed by atoms with E-state index in [4.69, 9.17) is 25.9 Å². The molecule has 0 aliphatic carbocycles. The van der Waals surface area contributed by atoms with Crippen molar-refractivity contribution in [2.45, 2.75) is 39.7 Å². The van der Waals surface area contributed by atoms with E-state index in [9.17, 15) is 9.59 Å². The summed E-state index contributed by atoms with van der Waals surface area (Å²) in [5, 5.41) is 12.6. The third-order valence-electron chi connectivity index (χ3n) is 4.17. The summed E-state index contributed by atoms with van der Waals surface area (Å²) < 4.78 is 10.7. The van der Waals surface area contributed by atoms with Gasteiger partial charge in [-0.15, -0.1) is 0 Å². The fourth-order valence-corrected chi connectivity index (χ4v) is 3.19. The maximum absolute atomic E-state index is 12.9. The van der Waals surface area contributed by atoms with Crippen molar-refractivity contribution >= 4 is 23.5 Å². The first-order valence-electron chi connectivity index (χ1n) is 8.66. The second kappa shape index (κ2) is 8.95.